The molecule has 1 heterocycles. The van der Waals surface area contributed by atoms with E-state index in [0.29, 0.717) is 17.7 Å². The molecule has 0 spiro atoms. The topological polar surface area (TPSA) is 111 Å². The zero-order valence-electron chi connectivity index (χ0n) is 13.5. The Morgan fingerprint density at radius 3 is 1.75 bits per heavy atom. The van der Waals surface area contributed by atoms with E-state index in [1.807, 2.05) is 36.4 Å². The van der Waals surface area contributed by atoms with Gasteiger partial charge in [-0.05, 0) is 11.1 Å². The number of hydrogen-bond acceptors (Lipinski definition) is 5. The van der Waals surface area contributed by atoms with E-state index in [0.717, 1.165) is 0 Å². The van der Waals surface area contributed by atoms with E-state index < -0.39 is 17.5 Å². The van der Waals surface area contributed by atoms with Crippen molar-refractivity contribution in [2.24, 2.45) is 10.7 Å². The minimum Gasteiger partial charge on any atom is -0.846 e. The van der Waals surface area contributed by atoms with Crippen molar-refractivity contribution in [2.75, 3.05) is 13.2 Å². The van der Waals surface area contributed by atoms with E-state index in [-0.39, 0.29) is 36.2 Å². The van der Waals surface area contributed by atoms with E-state index in [1.165, 1.54) is 0 Å². The van der Waals surface area contributed by atoms with E-state index in [4.69, 9.17) is 10.8 Å². The Bertz CT molecular complexity index is 636. The molecule has 120 valence electrons. The predicted molar refractivity (Wildman–Crippen MR) is 85.4 cm³/mol. The number of hydrogen-bond donors (Lipinski definition) is 3. The van der Waals surface area contributed by atoms with Crippen LogP contribution in [0.4, 0.5) is 0 Å². The number of nitrogens with two attached hydrogens (primary N) is 1. The van der Waals surface area contributed by atoms with Gasteiger partial charge in [0.2, 0.25) is 0 Å². The molecule has 4 N–H and O–H groups in total. The quantitative estimate of drug-likeness (QED) is 0.511. The Balaban J connectivity index is 0.000000522. The Morgan fingerprint density at radius 2 is 1.46 bits per heavy atom. The number of benzene rings is 2. The van der Waals surface area contributed by atoms with Crippen molar-refractivity contribution in [3.63, 3.8) is 0 Å². The smallest absolute Gasteiger partial charge is 0.846 e. The van der Waals surface area contributed by atoms with Crippen LogP contribution in [0.2, 0.25) is 0 Å². The Hall–Kier alpha value is -1.70. The van der Waals surface area contributed by atoms with Crippen molar-refractivity contribution in [2.45, 2.75) is 5.54 Å². The first-order valence-corrected chi connectivity index (χ1v) is 7.15. The molecular weight excluding hydrogens is 317 g/mol. The third-order valence-corrected chi connectivity index (χ3v) is 3.33. The maximum atomic E-state index is 12.3. The van der Waals surface area contributed by atoms with Gasteiger partial charge in [-0.25, -0.2) is 0 Å². The Morgan fingerprint density at radius 1 is 1.04 bits per heavy atom. The summed E-state index contributed by atoms with van der Waals surface area (Å²) in [6.45, 7) is 0.472. The number of carbonyl (C=O) groups is 1. The number of nitrogens with one attached hydrogen (secondary N) is 1. The summed E-state index contributed by atoms with van der Waals surface area (Å²) in [5.41, 5.74) is 4.88. The number of carbonyl (C=O) groups excluding carboxylic acids is 1. The van der Waals surface area contributed by atoms with Crippen molar-refractivity contribution < 1.29 is 44.6 Å². The van der Waals surface area contributed by atoms with Gasteiger partial charge in [0.25, 0.3) is 5.91 Å². The number of aliphatic hydroxyl groups is 1. The average molecular weight is 335 g/mol. The fourth-order valence-electron chi connectivity index (χ4n) is 2.34. The first-order valence-electron chi connectivity index (χ1n) is 7.15. The Labute approximate surface area is 162 Å². The molecule has 0 saturated carbocycles. The Kier molecular flexibility index (Phi) is 8.10. The first kappa shape index (κ1) is 20.3. The number of amides is 1. The van der Waals surface area contributed by atoms with Gasteiger partial charge in [0.15, 0.2) is 5.54 Å². The van der Waals surface area contributed by atoms with Crippen LogP contribution in [0.15, 0.2) is 65.7 Å². The predicted octanol–water partition coefficient (Wildman–Crippen LogP) is -3.28. The minimum absolute atomic E-state index is 0. The number of rotatable bonds is 3. The SMILES string of the molecule is NCCO.O=C1NC([O-])=NC1(c1ccccc1)c1ccccc1.[Na+]. The second kappa shape index (κ2) is 9.56. The van der Waals surface area contributed by atoms with Crippen molar-refractivity contribution in [3.05, 3.63) is 71.8 Å². The summed E-state index contributed by atoms with van der Waals surface area (Å²) in [7, 11) is 0. The fraction of sp³-hybridized carbons (Fsp3) is 0.176. The van der Waals surface area contributed by atoms with E-state index >= 15 is 0 Å². The van der Waals surface area contributed by atoms with Crippen LogP contribution >= 0.6 is 0 Å². The van der Waals surface area contributed by atoms with Gasteiger partial charge in [0.05, 0.1) is 12.6 Å². The van der Waals surface area contributed by atoms with Gasteiger partial charge in [-0.1, -0.05) is 60.7 Å². The molecule has 0 atom stereocenters. The third kappa shape index (κ3) is 4.23. The summed E-state index contributed by atoms with van der Waals surface area (Å²) in [4.78, 5) is 16.3. The molecule has 0 aromatic heterocycles. The molecule has 3 rings (SSSR count). The van der Waals surface area contributed by atoms with Crippen LogP contribution in [0.25, 0.3) is 0 Å². The molecule has 0 aliphatic carbocycles. The van der Waals surface area contributed by atoms with Gasteiger partial charge in [-0.15, -0.1) is 0 Å². The van der Waals surface area contributed by atoms with Crippen LogP contribution in [-0.2, 0) is 10.3 Å². The minimum atomic E-state index is -1.26. The third-order valence-electron chi connectivity index (χ3n) is 3.33. The van der Waals surface area contributed by atoms with Gasteiger partial charge in [-0.2, -0.15) is 0 Å². The number of amidine groups is 1. The van der Waals surface area contributed by atoms with E-state index in [9.17, 15) is 9.90 Å². The molecule has 2 aromatic rings. The average Bonchev–Trinajstić information content (AvgIpc) is 2.92. The molecule has 0 saturated heterocycles. The van der Waals surface area contributed by atoms with Crippen LogP contribution in [-0.4, -0.2) is 30.2 Å². The molecule has 1 aliphatic rings. The van der Waals surface area contributed by atoms with Crippen LogP contribution in [0.1, 0.15) is 11.1 Å². The molecular formula is C17H18N3NaO3. The van der Waals surface area contributed by atoms with Crippen LogP contribution in [0.5, 0.6) is 0 Å². The summed E-state index contributed by atoms with van der Waals surface area (Å²) in [5, 5.41) is 21.5. The normalized spacial score (nSPS) is 14.6. The maximum Gasteiger partial charge on any atom is 1.00 e. The second-order valence-corrected chi connectivity index (χ2v) is 4.83. The summed E-state index contributed by atoms with van der Waals surface area (Å²) in [6, 6.07) is 17.6. The van der Waals surface area contributed by atoms with Crippen molar-refractivity contribution in [3.8, 4) is 0 Å². The standard InChI is InChI=1S/C15H12N2O2.C2H7NO.Na/c18-13-15(17-14(19)16-13,11-7-3-1-4-8-11)12-9-5-2-6-10-12;3-1-2-4;/h1-10H,(H2,16,17,18,19);4H,1-3H2;/q;;+1/p-1. The largest absolute Gasteiger partial charge is 1.00 e. The van der Waals surface area contributed by atoms with Crippen molar-refractivity contribution in [1.82, 2.24) is 5.32 Å². The molecule has 7 heteroatoms. The monoisotopic (exact) mass is 335 g/mol. The molecule has 0 radical (unpaired) electrons. The zero-order valence-corrected chi connectivity index (χ0v) is 15.5. The van der Waals surface area contributed by atoms with Gasteiger partial charge in [0.1, 0.15) is 0 Å². The molecule has 0 bridgehead atoms. The summed E-state index contributed by atoms with van der Waals surface area (Å²) >= 11 is 0. The van der Waals surface area contributed by atoms with Gasteiger partial charge in [-0.3, -0.25) is 9.79 Å². The summed E-state index contributed by atoms with van der Waals surface area (Å²) in [6.07, 6.45) is 0. The van der Waals surface area contributed by atoms with Crippen LogP contribution in [0, 0.1) is 0 Å². The van der Waals surface area contributed by atoms with Crippen LogP contribution in [0.3, 0.4) is 0 Å². The van der Waals surface area contributed by atoms with E-state index in [2.05, 4.69) is 10.3 Å². The van der Waals surface area contributed by atoms with Crippen LogP contribution < -0.4 is 45.7 Å². The molecule has 0 unspecified atom stereocenters. The first-order chi connectivity index (χ1) is 11.1. The molecule has 1 aliphatic heterocycles. The molecule has 24 heavy (non-hydrogen) atoms. The molecule has 0 fully saturated rings. The van der Waals surface area contributed by atoms with Gasteiger partial charge < -0.3 is 21.3 Å². The summed E-state index contributed by atoms with van der Waals surface area (Å²) in [5.74, 6) is -0.407. The van der Waals surface area contributed by atoms with E-state index in [1.54, 1.807) is 24.3 Å². The number of aliphatic hydroxyl groups excluding tert-OH is 1. The van der Waals surface area contributed by atoms with Crippen molar-refractivity contribution >= 4 is 11.9 Å². The van der Waals surface area contributed by atoms with Gasteiger partial charge >= 0.3 is 29.6 Å². The zero-order chi connectivity index (χ0) is 16.7. The molecule has 2 aromatic carbocycles. The maximum absolute atomic E-state index is 12.3. The second-order valence-electron chi connectivity index (χ2n) is 4.83. The van der Waals surface area contributed by atoms with Crippen molar-refractivity contribution in [1.29, 1.82) is 0 Å². The summed E-state index contributed by atoms with van der Waals surface area (Å²) < 4.78 is 0. The van der Waals surface area contributed by atoms with Gasteiger partial charge in [0, 0.05) is 6.54 Å². The molecule has 1 amide bonds. The molecule has 6 nitrogen and oxygen atoms in total. The fourth-order valence-corrected chi connectivity index (χ4v) is 2.34. The number of nitrogens with zero attached hydrogens (tertiary/aromatic N) is 1. The number of aliphatic imine (C=N–C) groups is 1.